The van der Waals surface area contributed by atoms with Crippen LogP contribution >= 0.6 is 0 Å². The lowest BCUT2D eigenvalue weighted by Gasteiger charge is -2.41. The second kappa shape index (κ2) is 4.07. The zero-order chi connectivity index (χ0) is 9.90. The smallest absolute Gasteiger partial charge is 0.305 e. The summed E-state index contributed by atoms with van der Waals surface area (Å²) in [6.07, 6.45) is 2.03. The summed E-state index contributed by atoms with van der Waals surface area (Å²) in [5.41, 5.74) is -0.288. The number of hydrogen-bond donors (Lipinski definition) is 1. The van der Waals surface area contributed by atoms with E-state index in [1.54, 1.807) is 0 Å². The lowest BCUT2D eigenvalue weighted by atomic mass is 9.88. The lowest BCUT2D eigenvalue weighted by molar-refractivity contribution is -0.143. The van der Waals surface area contributed by atoms with Crippen molar-refractivity contribution in [3.05, 3.63) is 0 Å². The minimum absolute atomic E-state index is 0.167. The zero-order valence-electron chi connectivity index (χ0n) is 8.25. The van der Waals surface area contributed by atoms with E-state index in [9.17, 15) is 4.79 Å². The lowest BCUT2D eigenvalue weighted by Crippen LogP contribution is -2.51. The SMILES string of the molecule is CN(C)C1(CC(=O)O)CCCOC1. The molecule has 0 spiro atoms. The third kappa shape index (κ3) is 2.42. The van der Waals surface area contributed by atoms with Crippen LogP contribution in [0.1, 0.15) is 19.3 Å². The molecule has 4 heteroatoms. The minimum atomic E-state index is -0.751. The maximum Gasteiger partial charge on any atom is 0.305 e. The number of nitrogens with zero attached hydrogens (tertiary/aromatic N) is 1. The normalized spacial score (nSPS) is 29.2. The standard InChI is InChI=1S/C9H17NO3/c1-10(2)9(6-8(11)12)4-3-5-13-7-9/h3-7H2,1-2H3,(H,11,12). The Bertz CT molecular complexity index is 185. The summed E-state index contributed by atoms with van der Waals surface area (Å²) in [4.78, 5) is 12.7. The number of carboxylic acids is 1. The van der Waals surface area contributed by atoms with Gasteiger partial charge >= 0.3 is 5.97 Å². The molecule has 0 saturated carbocycles. The molecular formula is C9H17NO3. The first kappa shape index (κ1) is 10.5. The minimum Gasteiger partial charge on any atom is -0.481 e. The first-order chi connectivity index (χ1) is 6.07. The molecule has 1 saturated heterocycles. The molecule has 4 nitrogen and oxygen atoms in total. The van der Waals surface area contributed by atoms with Crippen molar-refractivity contribution in [3.8, 4) is 0 Å². The van der Waals surface area contributed by atoms with Gasteiger partial charge in [0, 0.05) is 6.61 Å². The first-order valence-electron chi connectivity index (χ1n) is 4.54. The fraction of sp³-hybridized carbons (Fsp3) is 0.889. The van der Waals surface area contributed by atoms with Gasteiger partial charge in [-0.05, 0) is 26.9 Å². The van der Waals surface area contributed by atoms with Gasteiger partial charge in [0.25, 0.3) is 0 Å². The molecule has 0 bridgehead atoms. The number of hydrogen-bond acceptors (Lipinski definition) is 3. The van der Waals surface area contributed by atoms with Gasteiger partial charge in [0.15, 0.2) is 0 Å². The summed E-state index contributed by atoms with van der Waals surface area (Å²) in [5, 5.41) is 8.80. The third-order valence-electron chi connectivity index (χ3n) is 2.73. The van der Waals surface area contributed by atoms with Crippen LogP contribution in [0.4, 0.5) is 0 Å². The van der Waals surface area contributed by atoms with Crippen LogP contribution in [0.2, 0.25) is 0 Å². The van der Waals surface area contributed by atoms with Crippen LogP contribution < -0.4 is 0 Å². The van der Waals surface area contributed by atoms with Gasteiger partial charge in [0.1, 0.15) is 0 Å². The van der Waals surface area contributed by atoms with Gasteiger partial charge in [-0.1, -0.05) is 0 Å². The number of aliphatic carboxylic acids is 1. The van der Waals surface area contributed by atoms with E-state index in [4.69, 9.17) is 9.84 Å². The maximum absolute atomic E-state index is 10.7. The first-order valence-corrected chi connectivity index (χ1v) is 4.54. The Morgan fingerprint density at radius 3 is 2.69 bits per heavy atom. The summed E-state index contributed by atoms with van der Waals surface area (Å²) in [6.45, 7) is 1.29. The summed E-state index contributed by atoms with van der Waals surface area (Å²) in [5.74, 6) is -0.751. The Kier molecular flexibility index (Phi) is 3.27. The van der Waals surface area contributed by atoms with E-state index < -0.39 is 5.97 Å². The largest absolute Gasteiger partial charge is 0.481 e. The van der Waals surface area contributed by atoms with Crippen molar-refractivity contribution in [2.24, 2.45) is 0 Å². The summed E-state index contributed by atoms with van der Waals surface area (Å²) >= 11 is 0. The molecule has 0 radical (unpaired) electrons. The van der Waals surface area contributed by atoms with Crippen molar-refractivity contribution in [1.82, 2.24) is 4.90 Å². The molecule has 0 amide bonds. The molecule has 1 aliphatic rings. The van der Waals surface area contributed by atoms with Crippen molar-refractivity contribution in [1.29, 1.82) is 0 Å². The average Bonchev–Trinajstić information content (AvgIpc) is 2.04. The molecule has 1 aliphatic heterocycles. The van der Waals surface area contributed by atoms with Crippen molar-refractivity contribution in [3.63, 3.8) is 0 Å². The number of carboxylic acid groups (broad SMARTS) is 1. The Balaban J connectivity index is 2.67. The molecule has 76 valence electrons. The Hall–Kier alpha value is -0.610. The van der Waals surface area contributed by atoms with E-state index in [1.165, 1.54) is 0 Å². The molecule has 1 unspecified atom stereocenters. The van der Waals surface area contributed by atoms with E-state index in [1.807, 2.05) is 19.0 Å². The Morgan fingerprint density at radius 1 is 1.62 bits per heavy atom. The highest BCUT2D eigenvalue weighted by atomic mass is 16.5. The second-order valence-electron chi connectivity index (χ2n) is 3.85. The van der Waals surface area contributed by atoms with E-state index in [0.29, 0.717) is 6.61 Å². The van der Waals surface area contributed by atoms with Gasteiger partial charge in [-0.15, -0.1) is 0 Å². The predicted octanol–water partition coefficient (Wildman–Crippen LogP) is 0.572. The number of rotatable bonds is 3. The fourth-order valence-electron chi connectivity index (χ4n) is 1.77. The van der Waals surface area contributed by atoms with E-state index >= 15 is 0 Å². The third-order valence-corrected chi connectivity index (χ3v) is 2.73. The van der Waals surface area contributed by atoms with Crippen molar-refractivity contribution < 1.29 is 14.6 Å². The summed E-state index contributed by atoms with van der Waals surface area (Å²) in [7, 11) is 3.83. The van der Waals surface area contributed by atoms with Crippen LogP contribution in [0.3, 0.4) is 0 Å². The van der Waals surface area contributed by atoms with Crippen LogP contribution in [0.15, 0.2) is 0 Å². The van der Waals surface area contributed by atoms with Gasteiger partial charge in [-0.3, -0.25) is 4.79 Å². The van der Waals surface area contributed by atoms with Crippen LogP contribution in [0.25, 0.3) is 0 Å². The predicted molar refractivity (Wildman–Crippen MR) is 48.7 cm³/mol. The van der Waals surface area contributed by atoms with E-state index in [0.717, 1.165) is 19.4 Å². The van der Waals surface area contributed by atoms with Crippen LogP contribution in [-0.2, 0) is 9.53 Å². The molecule has 1 rings (SSSR count). The monoisotopic (exact) mass is 187 g/mol. The molecule has 1 fully saturated rings. The fourth-order valence-corrected chi connectivity index (χ4v) is 1.77. The van der Waals surface area contributed by atoms with Crippen LogP contribution in [0, 0.1) is 0 Å². The zero-order valence-corrected chi connectivity index (χ0v) is 8.25. The van der Waals surface area contributed by atoms with E-state index in [-0.39, 0.29) is 12.0 Å². The van der Waals surface area contributed by atoms with E-state index in [2.05, 4.69) is 0 Å². The average molecular weight is 187 g/mol. The second-order valence-corrected chi connectivity index (χ2v) is 3.85. The molecule has 1 atom stereocenters. The van der Waals surface area contributed by atoms with Crippen molar-refractivity contribution >= 4 is 5.97 Å². The Morgan fingerprint density at radius 2 is 2.31 bits per heavy atom. The topological polar surface area (TPSA) is 49.8 Å². The van der Waals surface area contributed by atoms with Crippen molar-refractivity contribution in [2.75, 3.05) is 27.3 Å². The summed E-state index contributed by atoms with van der Waals surface area (Å²) in [6, 6.07) is 0. The highest BCUT2D eigenvalue weighted by Crippen LogP contribution is 2.27. The molecule has 13 heavy (non-hydrogen) atoms. The van der Waals surface area contributed by atoms with Gasteiger partial charge in [0.2, 0.25) is 0 Å². The van der Waals surface area contributed by atoms with Gasteiger partial charge in [-0.2, -0.15) is 0 Å². The molecule has 0 aromatic rings. The maximum atomic E-state index is 10.7. The molecule has 1 N–H and O–H groups in total. The molecular weight excluding hydrogens is 170 g/mol. The highest BCUT2D eigenvalue weighted by Gasteiger charge is 2.37. The highest BCUT2D eigenvalue weighted by molar-refractivity contribution is 5.68. The molecule has 0 aliphatic carbocycles. The van der Waals surface area contributed by atoms with Gasteiger partial charge in [0.05, 0.1) is 18.6 Å². The summed E-state index contributed by atoms with van der Waals surface area (Å²) < 4.78 is 5.34. The van der Waals surface area contributed by atoms with Crippen molar-refractivity contribution in [2.45, 2.75) is 24.8 Å². The van der Waals surface area contributed by atoms with Gasteiger partial charge in [-0.25, -0.2) is 0 Å². The number of ether oxygens (including phenoxy) is 1. The van der Waals surface area contributed by atoms with Gasteiger partial charge < -0.3 is 14.7 Å². The Labute approximate surface area is 78.5 Å². The molecule has 1 heterocycles. The van der Waals surface area contributed by atoms with Crippen LogP contribution in [0.5, 0.6) is 0 Å². The quantitative estimate of drug-likeness (QED) is 0.702. The van der Waals surface area contributed by atoms with Crippen LogP contribution in [-0.4, -0.2) is 48.8 Å². The molecule has 0 aromatic heterocycles. The molecule has 0 aromatic carbocycles. The number of likely N-dealkylation sites (N-methyl/N-ethyl adjacent to an activating group) is 1. The number of carbonyl (C=O) groups is 1.